The van der Waals surface area contributed by atoms with Crippen LogP contribution in [0.4, 0.5) is 0 Å². The number of ether oxygens (including phenoxy) is 2. The molecule has 0 N–H and O–H groups in total. The van der Waals surface area contributed by atoms with Crippen LogP contribution in [0.1, 0.15) is 30.5 Å². The summed E-state index contributed by atoms with van der Waals surface area (Å²) >= 11 is 0. The van der Waals surface area contributed by atoms with E-state index in [2.05, 4.69) is 25.0 Å². The summed E-state index contributed by atoms with van der Waals surface area (Å²) in [6.07, 6.45) is 5.58. The van der Waals surface area contributed by atoms with E-state index in [0.717, 1.165) is 31.6 Å². The van der Waals surface area contributed by atoms with Crippen molar-refractivity contribution in [2.45, 2.75) is 25.4 Å². The third-order valence-corrected chi connectivity index (χ3v) is 4.70. The molecular weight excluding hydrogens is 358 g/mol. The molecule has 0 bridgehead atoms. The molecule has 4 rings (SSSR count). The Labute approximate surface area is 163 Å². The first-order valence-corrected chi connectivity index (χ1v) is 9.39. The smallest absolute Gasteiger partial charge is 0.244 e. The van der Waals surface area contributed by atoms with E-state index in [1.165, 1.54) is 0 Å². The summed E-state index contributed by atoms with van der Waals surface area (Å²) in [5.41, 5.74) is 1.66. The molecule has 146 valence electrons. The second kappa shape index (κ2) is 8.90. The first kappa shape index (κ1) is 18.5. The van der Waals surface area contributed by atoms with Crippen molar-refractivity contribution >= 4 is 0 Å². The molecule has 0 amide bonds. The zero-order chi connectivity index (χ0) is 19.2. The predicted octanol–water partition coefficient (Wildman–Crippen LogP) is 2.89. The molecule has 1 saturated heterocycles. The van der Waals surface area contributed by atoms with Crippen molar-refractivity contribution in [1.82, 2.24) is 25.0 Å². The second-order valence-electron chi connectivity index (χ2n) is 6.62. The van der Waals surface area contributed by atoms with Gasteiger partial charge in [0.25, 0.3) is 0 Å². The Hall–Kier alpha value is -2.84. The lowest BCUT2D eigenvalue weighted by Gasteiger charge is -2.20. The van der Waals surface area contributed by atoms with E-state index < -0.39 is 0 Å². The highest BCUT2D eigenvalue weighted by atomic mass is 16.5. The number of hydrogen-bond acceptors (Lipinski definition) is 8. The zero-order valence-corrected chi connectivity index (χ0v) is 15.8. The quantitative estimate of drug-likeness (QED) is 0.551. The monoisotopic (exact) mass is 381 g/mol. The van der Waals surface area contributed by atoms with Gasteiger partial charge in [-0.3, -0.25) is 14.9 Å². The van der Waals surface area contributed by atoms with E-state index >= 15 is 0 Å². The van der Waals surface area contributed by atoms with Crippen LogP contribution in [0.25, 0.3) is 11.5 Å². The molecule has 0 aromatic carbocycles. The fraction of sp³-hybridized carbons (Fsp3) is 0.400. The third kappa shape index (κ3) is 4.35. The summed E-state index contributed by atoms with van der Waals surface area (Å²) in [5.74, 6) is 1.79. The highest BCUT2D eigenvalue weighted by molar-refractivity contribution is 5.50. The number of aromatic nitrogens is 4. The Morgan fingerprint density at radius 1 is 1.18 bits per heavy atom. The van der Waals surface area contributed by atoms with Crippen LogP contribution in [0.5, 0.6) is 5.75 Å². The number of methoxy groups -OCH3 is 1. The molecule has 1 aliphatic heterocycles. The van der Waals surface area contributed by atoms with Crippen LogP contribution in [0.2, 0.25) is 0 Å². The predicted molar refractivity (Wildman–Crippen MR) is 102 cm³/mol. The van der Waals surface area contributed by atoms with Crippen molar-refractivity contribution in [2.24, 2.45) is 0 Å². The van der Waals surface area contributed by atoms with E-state index in [1.54, 1.807) is 19.4 Å². The maximum Gasteiger partial charge on any atom is 0.244 e. The van der Waals surface area contributed by atoms with Gasteiger partial charge in [0.2, 0.25) is 11.7 Å². The van der Waals surface area contributed by atoms with Crippen LogP contribution < -0.4 is 4.74 Å². The largest absolute Gasteiger partial charge is 0.491 e. The highest BCUT2D eigenvalue weighted by Gasteiger charge is 2.31. The topological polar surface area (TPSA) is 86.4 Å². The zero-order valence-electron chi connectivity index (χ0n) is 15.8. The molecule has 1 atom stereocenters. The molecule has 0 saturated carbocycles. The lowest BCUT2D eigenvalue weighted by Crippen LogP contribution is -2.23. The van der Waals surface area contributed by atoms with Gasteiger partial charge in [0.05, 0.1) is 18.3 Å². The first-order valence-electron chi connectivity index (χ1n) is 9.39. The van der Waals surface area contributed by atoms with Crippen LogP contribution >= 0.6 is 0 Å². The van der Waals surface area contributed by atoms with Gasteiger partial charge in [0.1, 0.15) is 18.1 Å². The molecule has 0 aliphatic carbocycles. The molecule has 0 spiro atoms. The molecule has 3 aromatic heterocycles. The third-order valence-electron chi connectivity index (χ3n) is 4.70. The minimum Gasteiger partial charge on any atom is -0.491 e. The van der Waals surface area contributed by atoms with Crippen molar-refractivity contribution in [3.8, 4) is 17.3 Å². The number of rotatable bonds is 8. The van der Waals surface area contributed by atoms with Gasteiger partial charge in [-0.25, -0.2) is 0 Å². The van der Waals surface area contributed by atoms with Crippen LogP contribution in [0, 0.1) is 0 Å². The van der Waals surface area contributed by atoms with Gasteiger partial charge < -0.3 is 14.0 Å². The van der Waals surface area contributed by atoms with E-state index in [1.807, 2.05) is 30.5 Å². The fourth-order valence-corrected chi connectivity index (χ4v) is 3.34. The summed E-state index contributed by atoms with van der Waals surface area (Å²) in [7, 11) is 1.64. The highest BCUT2D eigenvalue weighted by Crippen LogP contribution is 2.33. The van der Waals surface area contributed by atoms with Gasteiger partial charge in [-0.2, -0.15) is 4.98 Å². The summed E-state index contributed by atoms with van der Waals surface area (Å²) in [5, 5.41) is 4.14. The summed E-state index contributed by atoms with van der Waals surface area (Å²) in [6.45, 7) is 2.75. The molecule has 28 heavy (non-hydrogen) atoms. The molecular formula is C20H23N5O3. The van der Waals surface area contributed by atoms with Crippen LogP contribution in [-0.4, -0.2) is 51.9 Å². The summed E-state index contributed by atoms with van der Waals surface area (Å²) in [4.78, 5) is 15.7. The van der Waals surface area contributed by atoms with Crippen LogP contribution in [0.15, 0.2) is 47.2 Å². The van der Waals surface area contributed by atoms with Crippen molar-refractivity contribution in [2.75, 3.05) is 26.9 Å². The molecule has 1 fully saturated rings. The number of hydrogen-bond donors (Lipinski definition) is 0. The molecule has 4 heterocycles. The standard InChI is InChI=1S/C20H23N5O3/c1-26-11-12-27-16-7-9-22-17(13-16)19-23-20(28-24-19)18-6-4-10-25(18)14-15-5-2-3-8-21-15/h2-3,5,7-9,13,18H,4,6,10-12,14H2,1H3/t18-/m0/s1. The van der Waals surface area contributed by atoms with E-state index in [9.17, 15) is 0 Å². The first-order chi connectivity index (χ1) is 13.8. The van der Waals surface area contributed by atoms with Crippen molar-refractivity contribution in [3.63, 3.8) is 0 Å². The van der Waals surface area contributed by atoms with Gasteiger partial charge in [0, 0.05) is 32.1 Å². The molecule has 8 nitrogen and oxygen atoms in total. The van der Waals surface area contributed by atoms with Gasteiger partial charge in [0.15, 0.2) is 0 Å². The maximum absolute atomic E-state index is 5.63. The average molecular weight is 381 g/mol. The lowest BCUT2D eigenvalue weighted by molar-refractivity contribution is 0.146. The minimum absolute atomic E-state index is 0.101. The maximum atomic E-state index is 5.63. The Bertz CT molecular complexity index is 886. The van der Waals surface area contributed by atoms with Crippen molar-refractivity contribution < 1.29 is 14.0 Å². The Balaban J connectivity index is 1.47. The van der Waals surface area contributed by atoms with Gasteiger partial charge in [-0.15, -0.1) is 0 Å². The van der Waals surface area contributed by atoms with Crippen LogP contribution in [-0.2, 0) is 11.3 Å². The Morgan fingerprint density at radius 3 is 3.00 bits per heavy atom. The second-order valence-corrected chi connectivity index (χ2v) is 6.62. The van der Waals surface area contributed by atoms with Gasteiger partial charge >= 0.3 is 0 Å². The van der Waals surface area contributed by atoms with Crippen LogP contribution in [0.3, 0.4) is 0 Å². The number of pyridine rings is 2. The normalized spacial score (nSPS) is 17.1. The van der Waals surface area contributed by atoms with E-state index in [-0.39, 0.29) is 6.04 Å². The van der Waals surface area contributed by atoms with Crippen molar-refractivity contribution in [3.05, 3.63) is 54.3 Å². The SMILES string of the molecule is COCCOc1ccnc(-c2noc([C@@H]3CCCN3Cc3ccccn3)n2)c1. The Morgan fingerprint density at radius 2 is 2.14 bits per heavy atom. The number of likely N-dealkylation sites (tertiary alicyclic amines) is 1. The molecule has 8 heteroatoms. The van der Waals surface area contributed by atoms with Gasteiger partial charge in [-0.1, -0.05) is 11.2 Å². The molecule has 3 aromatic rings. The lowest BCUT2D eigenvalue weighted by atomic mass is 10.2. The van der Waals surface area contributed by atoms with E-state index in [4.69, 9.17) is 14.0 Å². The summed E-state index contributed by atoms with van der Waals surface area (Å²) in [6, 6.07) is 9.68. The van der Waals surface area contributed by atoms with Crippen molar-refractivity contribution in [1.29, 1.82) is 0 Å². The summed E-state index contributed by atoms with van der Waals surface area (Å²) < 4.78 is 16.2. The molecule has 0 radical (unpaired) electrons. The van der Waals surface area contributed by atoms with E-state index in [0.29, 0.717) is 36.4 Å². The van der Waals surface area contributed by atoms with Gasteiger partial charge in [-0.05, 0) is 37.6 Å². The fourth-order valence-electron chi connectivity index (χ4n) is 3.34. The average Bonchev–Trinajstić information content (AvgIpc) is 3.39. The molecule has 0 unspecified atom stereocenters. The number of nitrogens with zero attached hydrogens (tertiary/aromatic N) is 5. The Kier molecular flexibility index (Phi) is 5.89. The minimum atomic E-state index is 0.101. The molecule has 1 aliphatic rings.